The number of aryl methyl sites for hydroxylation is 1. The second-order valence-electron chi connectivity index (χ2n) is 3.39. The van der Waals surface area contributed by atoms with E-state index in [1.807, 2.05) is 12.1 Å². The van der Waals surface area contributed by atoms with Gasteiger partial charge in [0.15, 0.2) is 0 Å². The van der Waals surface area contributed by atoms with E-state index in [4.69, 9.17) is 10.5 Å². The molecule has 0 saturated carbocycles. The lowest BCUT2D eigenvalue weighted by Crippen LogP contribution is -2.13. The molecule has 2 N–H and O–H groups in total. The van der Waals surface area contributed by atoms with Crippen molar-refractivity contribution >= 4 is 5.82 Å². The highest BCUT2D eigenvalue weighted by molar-refractivity contribution is 5.36. The Morgan fingerprint density at radius 1 is 1.54 bits per heavy atom. The average molecular weight is 178 g/mol. The molecule has 0 saturated heterocycles. The molecular weight excluding hydrogens is 164 g/mol. The van der Waals surface area contributed by atoms with Crippen LogP contribution in [-0.4, -0.2) is 12.1 Å². The lowest BCUT2D eigenvalue weighted by atomic mass is 9.93. The maximum atomic E-state index is 5.62. The Morgan fingerprint density at radius 3 is 3.15 bits per heavy atom. The molecule has 1 unspecified atom stereocenters. The van der Waals surface area contributed by atoms with Gasteiger partial charge in [0.2, 0.25) is 0 Å². The van der Waals surface area contributed by atoms with E-state index in [1.165, 1.54) is 5.56 Å². The van der Waals surface area contributed by atoms with Gasteiger partial charge in [0.05, 0.1) is 6.10 Å². The van der Waals surface area contributed by atoms with Crippen LogP contribution in [-0.2, 0) is 11.2 Å². The highest BCUT2D eigenvalue weighted by Gasteiger charge is 2.20. The van der Waals surface area contributed by atoms with Crippen molar-refractivity contribution in [3.63, 3.8) is 0 Å². The molecule has 1 aromatic rings. The zero-order chi connectivity index (χ0) is 9.26. The molecular formula is C10H14N2O. The number of methoxy groups -OCH3 is 1. The Balaban J connectivity index is 2.40. The van der Waals surface area contributed by atoms with Gasteiger partial charge >= 0.3 is 0 Å². The van der Waals surface area contributed by atoms with Crippen molar-refractivity contribution in [3.05, 3.63) is 23.4 Å². The number of pyridine rings is 1. The summed E-state index contributed by atoms with van der Waals surface area (Å²) in [6.45, 7) is 0. The summed E-state index contributed by atoms with van der Waals surface area (Å²) in [4.78, 5) is 4.31. The van der Waals surface area contributed by atoms with Crippen molar-refractivity contribution in [1.29, 1.82) is 0 Å². The minimum atomic E-state index is 0.219. The lowest BCUT2D eigenvalue weighted by molar-refractivity contribution is 0.0874. The Kier molecular flexibility index (Phi) is 2.19. The standard InChI is InChI=1S/C10H14N2O/c1-13-9-4-2-3-8-7(9)5-6-10(11)12-8/h5-6,9H,2-4H2,1H3,(H2,11,12). The third-order valence-electron chi connectivity index (χ3n) is 2.54. The lowest BCUT2D eigenvalue weighted by Gasteiger charge is -2.23. The minimum absolute atomic E-state index is 0.219. The van der Waals surface area contributed by atoms with Gasteiger partial charge in [0, 0.05) is 18.4 Å². The maximum Gasteiger partial charge on any atom is 0.123 e. The fourth-order valence-electron chi connectivity index (χ4n) is 1.88. The van der Waals surface area contributed by atoms with Crippen molar-refractivity contribution < 1.29 is 4.74 Å². The number of hydrogen-bond donors (Lipinski definition) is 1. The van der Waals surface area contributed by atoms with E-state index in [-0.39, 0.29) is 6.10 Å². The topological polar surface area (TPSA) is 48.1 Å². The summed E-state index contributed by atoms with van der Waals surface area (Å²) >= 11 is 0. The van der Waals surface area contributed by atoms with E-state index in [1.54, 1.807) is 7.11 Å². The summed E-state index contributed by atoms with van der Waals surface area (Å²) in [6.07, 6.45) is 3.48. The fourth-order valence-corrected chi connectivity index (χ4v) is 1.88. The Hall–Kier alpha value is -1.09. The molecule has 1 atom stereocenters. The molecule has 1 aliphatic carbocycles. The molecule has 13 heavy (non-hydrogen) atoms. The molecule has 0 aliphatic heterocycles. The SMILES string of the molecule is COC1CCCc2nc(N)ccc21. The number of rotatable bonds is 1. The van der Waals surface area contributed by atoms with E-state index in [2.05, 4.69) is 4.98 Å². The third kappa shape index (κ3) is 1.52. The fraction of sp³-hybridized carbons (Fsp3) is 0.500. The van der Waals surface area contributed by atoms with Crippen molar-refractivity contribution in [1.82, 2.24) is 4.98 Å². The number of ether oxygens (including phenoxy) is 1. The molecule has 0 fully saturated rings. The first-order valence-corrected chi connectivity index (χ1v) is 4.59. The van der Waals surface area contributed by atoms with Gasteiger partial charge in [-0.1, -0.05) is 6.07 Å². The second-order valence-corrected chi connectivity index (χ2v) is 3.39. The molecule has 1 aromatic heterocycles. The van der Waals surface area contributed by atoms with Gasteiger partial charge in [-0.2, -0.15) is 0 Å². The van der Waals surface area contributed by atoms with Crippen LogP contribution < -0.4 is 5.73 Å². The summed E-state index contributed by atoms with van der Waals surface area (Å²) in [5.74, 6) is 0.607. The molecule has 0 bridgehead atoms. The van der Waals surface area contributed by atoms with Gasteiger partial charge in [0.1, 0.15) is 5.82 Å². The van der Waals surface area contributed by atoms with Gasteiger partial charge in [-0.25, -0.2) is 4.98 Å². The molecule has 2 rings (SSSR count). The van der Waals surface area contributed by atoms with Crippen LogP contribution >= 0.6 is 0 Å². The quantitative estimate of drug-likeness (QED) is 0.711. The first kappa shape index (κ1) is 8.51. The van der Waals surface area contributed by atoms with Gasteiger partial charge in [-0.05, 0) is 25.3 Å². The van der Waals surface area contributed by atoms with E-state index in [0.717, 1.165) is 25.0 Å². The summed E-state index contributed by atoms with van der Waals surface area (Å²) in [6, 6.07) is 3.88. The van der Waals surface area contributed by atoms with Gasteiger partial charge < -0.3 is 10.5 Å². The number of anilines is 1. The zero-order valence-corrected chi connectivity index (χ0v) is 7.79. The first-order chi connectivity index (χ1) is 6.31. The van der Waals surface area contributed by atoms with Crippen LogP contribution in [0.3, 0.4) is 0 Å². The van der Waals surface area contributed by atoms with Gasteiger partial charge in [0.25, 0.3) is 0 Å². The number of nitrogen functional groups attached to an aromatic ring is 1. The molecule has 1 heterocycles. The predicted molar refractivity (Wildman–Crippen MR) is 51.3 cm³/mol. The molecule has 0 spiro atoms. The Bertz CT molecular complexity index is 312. The summed E-state index contributed by atoms with van der Waals surface area (Å²) in [5.41, 5.74) is 7.94. The second kappa shape index (κ2) is 3.34. The van der Waals surface area contributed by atoms with Crippen LogP contribution in [0, 0.1) is 0 Å². The molecule has 0 aromatic carbocycles. The van der Waals surface area contributed by atoms with E-state index in [9.17, 15) is 0 Å². The molecule has 3 heteroatoms. The van der Waals surface area contributed by atoms with Crippen LogP contribution in [0.2, 0.25) is 0 Å². The predicted octanol–water partition coefficient (Wildman–Crippen LogP) is 1.69. The molecule has 3 nitrogen and oxygen atoms in total. The third-order valence-corrected chi connectivity index (χ3v) is 2.54. The first-order valence-electron chi connectivity index (χ1n) is 4.59. The number of nitrogens with two attached hydrogens (primary N) is 1. The van der Waals surface area contributed by atoms with Crippen molar-refractivity contribution in [2.24, 2.45) is 0 Å². The van der Waals surface area contributed by atoms with Crippen molar-refractivity contribution in [3.8, 4) is 0 Å². The molecule has 0 radical (unpaired) electrons. The van der Waals surface area contributed by atoms with Crippen molar-refractivity contribution in [2.75, 3.05) is 12.8 Å². The summed E-state index contributed by atoms with van der Waals surface area (Å²) < 4.78 is 5.38. The number of nitrogens with zero attached hydrogens (tertiary/aromatic N) is 1. The highest BCUT2D eigenvalue weighted by atomic mass is 16.5. The highest BCUT2D eigenvalue weighted by Crippen LogP contribution is 2.31. The normalized spacial score (nSPS) is 21.2. The monoisotopic (exact) mass is 178 g/mol. The smallest absolute Gasteiger partial charge is 0.123 e. The van der Waals surface area contributed by atoms with Gasteiger partial charge in [-0.3, -0.25) is 0 Å². The van der Waals surface area contributed by atoms with Crippen molar-refractivity contribution in [2.45, 2.75) is 25.4 Å². The van der Waals surface area contributed by atoms with Crippen LogP contribution in [0.4, 0.5) is 5.82 Å². The molecule has 70 valence electrons. The van der Waals surface area contributed by atoms with Crippen LogP contribution in [0.5, 0.6) is 0 Å². The van der Waals surface area contributed by atoms with Crippen LogP contribution in [0.1, 0.15) is 30.2 Å². The Labute approximate surface area is 77.9 Å². The van der Waals surface area contributed by atoms with E-state index in [0.29, 0.717) is 5.82 Å². The summed E-state index contributed by atoms with van der Waals surface area (Å²) in [5, 5.41) is 0. The summed E-state index contributed by atoms with van der Waals surface area (Å²) in [7, 11) is 1.75. The number of fused-ring (bicyclic) bond motifs is 1. The van der Waals surface area contributed by atoms with Crippen LogP contribution in [0.15, 0.2) is 12.1 Å². The van der Waals surface area contributed by atoms with Crippen LogP contribution in [0.25, 0.3) is 0 Å². The minimum Gasteiger partial charge on any atom is -0.384 e. The molecule has 1 aliphatic rings. The average Bonchev–Trinajstić information content (AvgIpc) is 2.16. The zero-order valence-electron chi connectivity index (χ0n) is 7.79. The van der Waals surface area contributed by atoms with E-state index < -0.39 is 0 Å². The Morgan fingerprint density at radius 2 is 2.38 bits per heavy atom. The number of hydrogen-bond acceptors (Lipinski definition) is 3. The maximum absolute atomic E-state index is 5.62. The molecule has 0 amide bonds. The largest absolute Gasteiger partial charge is 0.384 e. The van der Waals surface area contributed by atoms with Gasteiger partial charge in [-0.15, -0.1) is 0 Å². The number of aromatic nitrogens is 1. The van der Waals surface area contributed by atoms with E-state index >= 15 is 0 Å².